The number of carbonyl (C=O) groups excluding carboxylic acids is 1. The highest BCUT2D eigenvalue weighted by Gasteiger charge is 2.17. The molecule has 2 rings (SSSR count). The van der Waals surface area contributed by atoms with Crippen LogP contribution in [0.1, 0.15) is 30.1 Å². The largest absolute Gasteiger partial charge is 0.348 e. The van der Waals surface area contributed by atoms with Crippen LogP contribution >= 0.6 is 0 Å². The Morgan fingerprint density at radius 2 is 1.74 bits per heavy atom. The Morgan fingerprint density at radius 1 is 1.11 bits per heavy atom. The van der Waals surface area contributed by atoms with Gasteiger partial charge in [-0.2, -0.15) is 0 Å². The van der Waals surface area contributed by atoms with Crippen LogP contribution in [0.5, 0.6) is 0 Å². The molecule has 2 unspecified atom stereocenters. The van der Waals surface area contributed by atoms with Crippen molar-refractivity contribution in [3.05, 3.63) is 66.0 Å². The summed E-state index contributed by atoms with van der Waals surface area (Å²) in [5, 5.41) is 2.90. The predicted molar refractivity (Wildman–Crippen MR) is 74.2 cm³/mol. The number of aromatic nitrogens is 1. The molecule has 0 aliphatic rings. The topological polar surface area (TPSA) is 68.0 Å². The van der Waals surface area contributed by atoms with E-state index in [1.54, 1.807) is 12.4 Å². The molecule has 0 spiro atoms. The summed E-state index contributed by atoms with van der Waals surface area (Å²) < 4.78 is 0. The van der Waals surface area contributed by atoms with Gasteiger partial charge < -0.3 is 11.1 Å². The molecule has 0 saturated heterocycles. The summed E-state index contributed by atoms with van der Waals surface area (Å²) in [5.41, 5.74) is 7.75. The fourth-order valence-electron chi connectivity index (χ4n) is 1.85. The lowest BCUT2D eigenvalue weighted by atomic mass is 10.1. The van der Waals surface area contributed by atoms with Gasteiger partial charge in [0.2, 0.25) is 5.91 Å². The second kappa shape index (κ2) is 6.11. The smallest absolute Gasteiger partial charge is 0.241 e. The molecule has 98 valence electrons. The summed E-state index contributed by atoms with van der Waals surface area (Å²) in [6, 6.07) is 12.3. The van der Waals surface area contributed by atoms with Crippen molar-refractivity contribution in [1.82, 2.24) is 10.3 Å². The van der Waals surface area contributed by atoms with Crippen LogP contribution in [0.2, 0.25) is 0 Å². The van der Waals surface area contributed by atoms with Gasteiger partial charge in [0.1, 0.15) is 6.04 Å². The molecule has 1 amide bonds. The number of hydrogen-bond acceptors (Lipinski definition) is 3. The molecule has 19 heavy (non-hydrogen) atoms. The van der Waals surface area contributed by atoms with Crippen molar-refractivity contribution < 1.29 is 4.79 Å². The minimum atomic E-state index is -0.648. The van der Waals surface area contributed by atoms with E-state index in [0.29, 0.717) is 0 Å². The van der Waals surface area contributed by atoms with E-state index >= 15 is 0 Å². The normalized spacial score (nSPS) is 13.6. The van der Waals surface area contributed by atoms with Gasteiger partial charge >= 0.3 is 0 Å². The highest BCUT2D eigenvalue weighted by Crippen LogP contribution is 2.14. The van der Waals surface area contributed by atoms with E-state index in [4.69, 9.17) is 5.73 Å². The van der Waals surface area contributed by atoms with Crippen LogP contribution in [-0.4, -0.2) is 10.9 Å². The summed E-state index contributed by atoms with van der Waals surface area (Å²) >= 11 is 0. The fourth-order valence-corrected chi connectivity index (χ4v) is 1.85. The van der Waals surface area contributed by atoms with Crippen LogP contribution in [0.25, 0.3) is 0 Å². The van der Waals surface area contributed by atoms with Gasteiger partial charge in [-0.25, -0.2) is 0 Å². The minimum absolute atomic E-state index is 0.0923. The Hall–Kier alpha value is -2.20. The van der Waals surface area contributed by atoms with Crippen LogP contribution < -0.4 is 11.1 Å². The van der Waals surface area contributed by atoms with Gasteiger partial charge in [-0.3, -0.25) is 9.78 Å². The monoisotopic (exact) mass is 255 g/mol. The third-order valence-corrected chi connectivity index (χ3v) is 3.01. The lowest BCUT2D eigenvalue weighted by molar-refractivity contribution is -0.123. The van der Waals surface area contributed by atoms with Crippen LogP contribution in [-0.2, 0) is 4.79 Å². The third kappa shape index (κ3) is 3.39. The molecule has 3 N–H and O–H groups in total. The number of amides is 1. The van der Waals surface area contributed by atoms with Crippen molar-refractivity contribution in [2.45, 2.75) is 19.0 Å². The number of nitrogens with one attached hydrogen (secondary N) is 1. The Labute approximate surface area is 112 Å². The van der Waals surface area contributed by atoms with Gasteiger partial charge in [0.05, 0.1) is 6.04 Å². The quantitative estimate of drug-likeness (QED) is 0.877. The molecule has 2 aromatic rings. The predicted octanol–water partition coefficient (Wildman–Crippen LogP) is 1.96. The molecule has 4 heteroatoms. The zero-order chi connectivity index (χ0) is 13.7. The Bertz CT molecular complexity index is 528. The molecule has 1 heterocycles. The first-order valence-electron chi connectivity index (χ1n) is 6.19. The molecule has 0 saturated carbocycles. The summed E-state index contributed by atoms with van der Waals surface area (Å²) in [4.78, 5) is 16.0. The third-order valence-electron chi connectivity index (χ3n) is 3.01. The summed E-state index contributed by atoms with van der Waals surface area (Å²) in [5.74, 6) is -0.185. The fraction of sp³-hybridized carbons (Fsp3) is 0.200. The van der Waals surface area contributed by atoms with Gasteiger partial charge in [0, 0.05) is 12.4 Å². The van der Waals surface area contributed by atoms with E-state index in [1.807, 2.05) is 49.4 Å². The number of rotatable bonds is 4. The number of carbonyl (C=O) groups is 1. The average Bonchev–Trinajstić information content (AvgIpc) is 2.48. The first-order chi connectivity index (χ1) is 9.18. The average molecular weight is 255 g/mol. The standard InChI is InChI=1S/C15H17N3O/c1-11(12-7-9-17-10-8-12)18-15(19)14(16)13-5-3-2-4-6-13/h2-11,14H,16H2,1H3,(H,18,19). The van der Waals surface area contributed by atoms with Crippen LogP contribution in [0.4, 0.5) is 0 Å². The van der Waals surface area contributed by atoms with Crippen LogP contribution in [0.15, 0.2) is 54.9 Å². The van der Waals surface area contributed by atoms with Crippen molar-refractivity contribution in [2.24, 2.45) is 5.73 Å². The molecule has 4 nitrogen and oxygen atoms in total. The van der Waals surface area contributed by atoms with Crippen molar-refractivity contribution in [3.8, 4) is 0 Å². The van der Waals surface area contributed by atoms with Crippen molar-refractivity contribution in [2.75, 3.05) is 0 Å². The number of nitrogens with two attached hydrogens (primary N) is 1. The Morgan fingerprint density at radius 3 is 2.37 bits per heavy atom. The SMILES string of the molecule is CC(NC(=O)C(N)c1ccccc1)c1ccncc1. The molecular formula is C15H17N3O. The van der Waals surface area contributed by atoms with Crippen LogP contribution in [0.3, 0.4) is 0 Å². The first kappa shape index (κ1) is 13.2. The zero-order valence-electron chi connectivity index (χ0n) is 10.8. The second-order valence-electron chi connectivity index (χ2n) is 4.40. The molecule has 0 radical (unpaired) electrons. The van der Waals surface area contributed by atoms with Gasteiger partial charge in [-0.05, 0) is 30.2 Å². The molecule has 1 aromatic carbocycles. The lowest BCUT2D eigenvalue weighted by Crippen LogP contribution is -2.35. The summed E-state index contributed by atoms with van der Waals surface area (Å²) in [7, 11) is 0. The van der Waals surface area contributed by atoms with E-state index in [9.17, 15) is 4.79 Å². The van der Waals surface area contributed by atoms with Crippen molar-refractivity contribution >= 4 is 5.91 Å². The van der Waals surface area contributed by atoms with E-state index in [-0.39, 0.29) is 11.9 Å². The van der Waals surface area contributed by atoms with E-state index < -0.39 is 6.04 Å². The highest BCUT2D eigenvalue weighted by molar-refractivity contribution is 5.83. The summed E-state index contributed by atoms with van der Waals surface area (Å²) in [6.45, 7) is 1.92. The lowest BCUT2D eigenvalue weighted by Gasteiger charge is -2.18. The van der Waals surface area contributed by atoms with E-state index in [0.717, 1.165) is 11.1 Å². The number of hydrogen-bond donors (Lipinski definition) is 2. The molecular weight excluding hydrogens is 238 g/mol. The maximum absolute atomic E-state index is 12.1. The Kier molecular flexibility index (Phi) is 4.26. The second-order valence-corrected chi connectivity index (χ2v) is 4.40. The minimum Gasteiger partial charge on any atom is -0.348 e. The number of benzene rings is 1. The Balaban J connectivity index is 2.02. The molecule has 1 aromatic heterocycles. The molecule has 0 fully saturated rings. The van der Waals surface area contributed by atoms with Gasteiger partial charge in [0.15, 0.2) is 0 Å². The van der Waals surface area contributed by atoms with E-state index in [1.165, 1.54) is 0 Å². The van der Waals surface area contributed by atoms with Gasteiger partial charge in [-0.15, -0.1) is 0 Å². The molecule has 2 atom stereocenters. The number of nitrogens with zero attached hydrogens (tertiary/aromatic N) is 1. The number of pyridine rings is 1. The maximum atomic E-state index is 12.1. The van der Waals surface area contributed by atoms with Crippen LogP contribution in [0, 0.1) is 0 Å². The summed E-state index contributed by atoms with van der Waals surface area (Å²) in [6.07, 6.45) is 3.41. The van der Waals surface area contributed by atoms with Crippen molar-refractivity contribution in [3.63, 3.8) is 0 Å². The molecule has 0 bridgehead atoms. The zero-order valence-corrected chi connectivity index (χ0v) is 10.8. The van der Waals surface area contributed by atoms with Gasteiger partial charge in [0.25, 0.3) is 0 Å². The molecule has 0 aliphatic heterocycles. The van der Waals surface area contributed by atoms with E-state index in [2.05, 4.69) is 10.3 Å². The van der Waals surface area contributed by atoms with Gasteiger partial charge in [-0.1, -0.05) is 30.3 Å². The molecule has 0 aliphatic carbocycles. The van der Waals surface area contributed by atoms with Crippen molar-refractivity contribution in [1.29, 1.82) is 0 Å². The first-order valence-corrected chi connectivity index (χ1v) is 6.19. The maximum Gasteiger partial charge on any atom is 0.241 e. The highest BCUT2D eigenvalue weighted by atomic mass is 16.2.